The number of rotatable bonds is 5. The van der Waals surface area contributed by atoms with Crippen molar-refractivity contribution >= 4 is 75.3 Å². The second-order valence-electron chi connectivity index (χ2n) is 15.5. The molecule has 0 unspecified atom stereocenters. The van der Waals surface area contributed by atoms with E-state index in [-0.39, 0.29) is 30.2 Å². The van der Waals surface area contributed by atoms with Crippen molar-refractivity contribution in [3.8, 4) is 22.3 Å². The van der Waals surface area contributed by atoms with Crippen LogP contribution < -0.4 is 30.0 Å². The van der Waals surface area contributed by atoms with E-state index in [1.54, 1.807) is 28.5 Å². The van der Waals surface area contributed by atoms with Crippen LogP contribution in [0.15, 0.2) is 200 Å². The summed E-state index contributed by atoms with van der Waals surface area (Å²) >= 11 is 1.69. The van der Waals surface area contributed by atoms with E-state index in [1.165, 1.54) is 98.0 Å². The average molecular weight is 921 g/mol. The van der Waals surface area contributed by atoms with Gasteiger partial charge in [0.05, 0.1) is 0 Å². The van der Waals surface area contributed by atoms with Gasteiger partial charge in [0.15, 0.2) is 0 Å². The molecule has 0 aromatic heterocycles. The number of aryl methyl sites for hydroxylation is 2. The molecule has 0 aliphatic rings. The monoisotopic (exact) mass is 918 g/mol. The molecular formula is C57H46Cl2SiZr-2. The van der Waals surface area contributed by atoms with Crippen molar-refractivity contribution in [2.24, 2.45) is 0 Å². The summed E-state index contributed by atoms with van der Waals surface area (Å²) in [6.07, 6.45) is 2.10. The maximum absolute atomic E-state index is 2.38. The van der Waals surface area contributed by atoms with E-state index in [4.69, 9.17) is 0 Å². The molecule has 0 fully saturated rings. The second-order valence-corrected chi connectivity index (χ2v) is 22.9. The normalized spacial score (nSPS) is 10.8. The minimum Gasteiger partial charge on any atom is -1.00 e. The van der Waals surface area contributed by atoms with E-state index in [2.05, 4.69) is 221 Å². The standard InChI is InChI=1S/2C25H19.C7H8Si.2ClH.Zr/c2*1-2-17-13-21-12-11-18-7-5-6-10-23(18)25(21)24(14-17)22-15-19-8-3-4-9-20(19)16-22;1-8-7-5-3-2-4-6-7;;;/h2*3-16H,2H2,1H3;2-6H,1H3;2*1H;/q2*-1;;;;+2/p-2. The minimum absolute atomic E-state index is 0. The number of hydrogen-bond donors (Lipinski definition) is 0. The van der Waals surface area contributed by atoms with Crippen molar-refractivity contribution in [1.82, 2.24) is 0 Å². The van der Waals surface area contributed by atoms with E-state index in [9.17, 15) is 0 Å². The summed E-state index contributed by atoms with van der Waals surface area (Å²) in [5, 5.41) is 17.5. The van der Waals surface area contributed by atoms with Crippen molar-refractivity contribution in [3.05, 3.63) is 211 Å². The van der Waals surface area contributed by atoms with Gasteiger partial charge in [-0.1, -0.05) is 170 Å². The predicted molar refractivity (Wildman–Crippen MR) is 256 cm³/mol. The van der Waals surface area contributed by atoms with E-state index in [0.29, 0.717) is 0 Å². The quantitative estimate of drug-likeness (QED) is 0.0919. The molecule has 0 aliphatic heterocycles. The molecule has 0 saturated heterocycles. The van der Waals surface area contributed by atoms with Crippen LogP contribution in [0.1, 0.15) is 25.0 Å². The van der Waals surface area contributed by atoms with Crippen LogP contribution in [0.4, 0.5) is 0 Å². The van der Waals surface area contributed by atoms with Crippen LogP contribution in [-0.4, -0.2) is 5.43 Å². The molecule has 298 valence electrons. The predicted octanol–water partition coefficient (Wildman–Crippen LogP) is 9.26. The van der Waals surface area contributed by atoms with Crippen LogP contribution in [-0.2, 0) is 36.2 Å². The van der Waals surface area contributed by atoms with Crippen LogP contribution >= 0.6 is 0 Å². The zero-order valence-electron chi connectivity index (χ0n) is 34.7. The van der Waals surface area contributed by atoms with Crippen LogP contribution in [0.5, 0.6) is 0 Å². The molecule has 11 aromatic carbocycles. The van der Waals surface area contributed by atoms with Gasteiger partial charge in [-0.2, -0.15) is 0 Å². The number of halogens is 2. The number of benzene rings is 9. The molecule has 0 atom stereocenters. The van der Waals surface area contributed by atoms with E-state index < -0.39 is 0 Å². The fourth-order valence-electron chi connectivity index (χ4n) is 8.58. The Morgan fingerprint density at radius 1 is 0.410 bits per heavy atom. The SMILES string of the molecule is CCc1cc(-c2cc3ccccc3[cH-]2)c2c(ccc3ccccc32)c1.CCc1cc(-c2cc3ccccc3[cH-]2)c2c(ccc3ccccc32)c1.C[Si](=[Zr+2])c1ccccc1.[Cl-].[Cl-]. The van der Waals surface area contributed by atoms with Gasteiger partial charge in [-0.15, -0.1) is 69.1 Å². The Kier molecular flexibility index (Phi) is 14.2. The largest absolute Gasteiger partial charge is 1.00 e. The van der Waals surface area contributed by atoms with E-state index in [0.717, 1.165) is 12.8 Å². The zero-order chi connectivity index (χ0) is 40.3. The first-order valence-electron chi connectivity index (χ1n) is 20.8. The van der Waals surface area contributed by atoms with Gasteiger partial charge in [-0.25, -0.2) is 0 Å². The first-order chi connectivity index (χ1) is 29.0. The Balaban J connectivity index is 0.000000149. The Morgan fingerprint density at radius 3 is 1.18 bits per heavy atom. The van der Waals surface area contributed by atoms with Gasteiger partial charge < -0.3 is 24.8 Å². The molecule has 0 radical (unpaired) electrons. The second kappa shape index (κ2) is 19.7. The molecule has 0 nitrogen and oxygen atoms in total. The van der Waals surface area contributed by atoms with Crippen molar-refractivity contribution in [2.75, 3.05) is 0 Å². The van der Waals surface area contributed by atoms with Gasteiger partial charge in [0.2, 0.25) is 0 Å². The molecular weight excluding hydrogens is 875 g/mol. The van der Waals surface area contributed by atoms with Crippen LogP contribution in [0.3, 0.4) is 0 Å². The van der Waals surface area contributed by atoms with Crippen LogP contribution in [0, 0.1) is 0 Å². The molecule has 61 heavy (non-hydrogen) atoms. The molecule has 0 heterocycles. The molecule has 0 bridgehead atoms. The summed E-state index contributed by atoms with van der Waals surface area (Å²) in [6, 6.07) is 73.2. The third-order valence-electron chi connectivity index (χ3n) is 11.7. The number of fused-ring (bicyclic) bond motifs is 8. The number of hydrogen-bond acceptors (Lipinski definition) is 0. The summed E-state index contributed by atoms with van der Waals surface area (Å²) in [4.78, 5) is 0. The maximum atomic E-state index is 2.38. The Bertz CT molecular complexity index is 3020. The van der Waals surface area contributed by atoms with E-state index >= 15 is 0 Å². The third-order valence-corrected chi connectivity index (χ3v) is 15.0. The average Bonchev–Trinajstić information content (AvgIpc) is 3.94. The van der Waals surface area contributed by atoms with Crippen molar-refractivity contribution in [3.63, 3.8) is 0 Å². The molecule has 0 amide bonds. The smallest absolute Gasteiger partial charge is 1.00 e. The first-order valence-corrected chi connectivity index (χ1v) is 26.5. The Labute approximate surface area is 387 Å². The molecule has 11 aromatic rings. The molecule has 0 spiro atoms. The van der Waals surface area contributed by atoms with Gasteiger partial charge in [-0.05, 0) is 55.9 Å². The fraction of sp³-hybridized carbons (Fsp3) is 0.0877. The van der Waals surface area contributed by atoms with Crippen molar-refractivity contribution < 1.29 is 48.1 Å². The van der Waals surface area contributed by atoms with E-state index in [1.807, 2.05) is 0 Å². The molecule has 0 aliphatic carbocycles. The summed E-state index contributed by atoms with van der Waals surface area (Å²) < 4.78 is 0. The summed E-state index contributed by atoms with van der Waals surface area (Å²) in [5.74, 6) is 0. The Hall–Kier alpha value is -5.08. The van der Waals surface area contributed by atoms with Gasteiger partial charge in [0, 0.05) is 0 Å². The van der Waals surface area contributed by atoms with Crippen molar-refractivity contribution in [1.29, 1.82) is 0 Å². The third kappa shape index (κ3) is 9.25. The molecule has 11 rings (SSSR count). The Morgan fingerprint density at radius 2 is 0.787 bits per heavy atom. The topological polar surface area (TPSA) is 0 Å². The summed E-state index contributed by atoms with van der Waals surface area (Å²) in [7, 11) is 0. The first kappa shape index (κ1) is 44.0. The van der Waals surface area contributed by atoms with Gasteiger partial charge in [0.25, 0.3) is 0 Å². The van der Waals surface area contributed by atoms with Gasteiger partial charge in [-0.3, -0.25) is 0 Å². The van der Waals surface area contributed by atoms with Gasteiger partial charge in [0.1, 0.15) is 0 Å². The minimum atomic E-state index is -0.122. The fourth-order valence-corrected chi connectivity index (χ4v) is 10.5. The molecule has 0 saturated carbocycles. The van der Waals surface area contributed by atoms with Crippen molar-refractivity contribution in [2.45, 2.75) is 33.2 Å². The van der Waals surface area contributed by atoms with Gasteiger partial charge >= 0.3 is 70.8 Å². The maximum Gasteiger partial charge on any atom is -1.00 e. The molecule has 0 N–H and O–H groups in total. The van der Waals surface area contributed by atoms with Crippen LogP contribution in [0.2, 0.25) is 6.55 Å². The summed E-state index contributed by atoms with van der Waals surface area (Å²) in [5.41, 5.74) is 7.99. The summed E-state index contributed by atoms with van der Waals surface area (Å²) in [6.45, 7) is 6.80. The van der Waals surface area contributed by atoms with Crippen LogP contribution in [0.25, 0.3) is 86.9 Å². The zero-order valence-corrected chi connectivity index (χ0v) is 39.7. The molecule has 4 heteroatoms.